The third kappa shape index (κ3) is 6.04. The van der Waals surface area contributed by atoms with Crippen LogP contribution in [0.4, 0.5) is 0 Å². The van der Waals surface area contributed by atoms with E-state index in [9.17, 15) is 4.79 Å². The van der Waals surface area contributed by atoms with Crippen LogP contribution in [0.25, 0.3) is 0 Å². The van der Waals surface area contributed by atoms with E-state index in [-0.39, 0.29) is 18.7 Å². The van der Waals surface area contributed by atoms with Gasteiger partial charge in [-0.1, -0.05) is 18.2 Å². The molecular weight excluding hydrogens is 196 g/mol. The molecule has 4 nitrogen and oxygen atoms in total. The Bertz CT molecular complexity index is 239. The smallest absolute Gasteiger partial charge is 0.333 e. The van der Waals surface area contributed by atoms with E-state index in [1.54, 1.807) is 32.1 Å². The molecule has 0 fully saturated rings. The summed E-state index contributed by atoms with van der Waals surface area (Å²) in [6, 6.07) is 0. The van der Waals surface area contributed by atoms with Crippen LogP contribution >= 0.6 is 0 Å². The lowest BCUT2D eigenvalue weighted by molar-refractivity contribution is -0.138. The number of hydrogen-bond donors (Lipinski definition) is 1. The van der Waals surface area contributed by atoms with E-state index in [0.29, 0.717) is 12.2 Å². The van der Waals surface area contributed by atoms with Gasteiger partial charge < -0.3 is 14.6 Å². The highest BCUT2D eigenvalue weighted by atomic mass is 16.5. The second-order valence-corrected chi connectivity index (χ2v) is 2.91. The van der Waals surface area contributed by atoms with Gasteiger partial charge in [0.1, 0.15) is 0 Å². The van der Waals surface area contributed by atoms with Crippen LogP contribution in [0.2, 0.25) is 0 Å². The lowest BCUT2D eigenvalue weighted by atomic mass is 10.2. The van der Waals surface area contributed by atoms with E-state index >= 15 is 0 Å². The lowest BCUT2D eigenvalue weighted by Crippen LogP contribution is -2.11. The average molecular weight is 214 g/mol. The first-order valence-electron chi connectivity index (χ1n) is 4.81. The number of ether oxygens (including phenoxy) is 2. The fourth-order valence-electron chi connectivity index (χ4n) is 0.851. The molecule has 0 aliphatic carbocycles. The Hall–Kier alpha value is -1.13. The molecule has 0 saturated heterocycles. The van der Waals surface area contributed by atoms with Crippen LogP contribution in [0.1, 0.15) is 13.8 Å². The molecule has 0 rings (SSSR count). The minimum atomic E-state index is -0.337. The topological polar surface area (TPSA) is 55.8 Å². The molecule has 15 heavy (non-hydrogen) atoms. The predicted octanol–water partition coefficient (Wildman–Crippen LogP) is 1.06. The number of hydrogen-bond acceptors (Lipinski definition) is 4. The summed E-state index contributed by atoms with van der Waals surface area (Å²) >= 11 is 0. The van der Waals surface area contributed by atoms with Gasteiger partial charge in [-0.15, -0.1) is 0 Å². The molecule has 0 aromatic rings. The van der Waals surface area contributed by atoms with E-state index in [1.165, 1.54) is 7.11 Å². The first kappa shape index (κ1) is 13.9. The Morgan fingerprint density at radius 3 is 2.67 bits per heavy atom. The van der Waals surface area contributed by atoms with E-state index < -0.39 is 0 Å². The molecule has 4 heteroatoms. The summed E-state index contributed by atoms with van der Waals surface area (Å²) in [5.74, 6) is -0.333. The molecule has 0 aliphatic rings. The van der Waals surface area contributed by atoms with Crippen LogP contribution < -0.4 is 0 Å². The largest absolute Gasteiger partial charge is 0.463 e. The molecule has 0 aromatic heterocycles. The first-order chi connectivity index (χ1) is 7.15. The van der Waals surface area contributed by atoms with Crippen LogP contribution in [-0.2, 0) is 14.3 Å². The van der Waals surface area contributed by atoms with Gasteiger partial charge in [0.25, 0.3) is 0 Å². The zero-order valence-electron chi connectivity index (χ0n) is 9.40. The van der Waals surface area contributed by atoms with Crippen molar-refractivity contribution in [3.8, 4) is 0 Å². The summed E-state index contributed by atoms with van der Waals surface area (Å²) in [7, 11) is 1.51. The highest BCUT2D eigenvalue weighted by Crippen LogP contribution is 1.98. The quantitative estimate of drug-likeness (QED) is 0.408. The molecule has 0 spiro atoms. The van der Waals surface area contributed by atoms with Crippen LogP contribution in [0.5, 0.6) is 0 Å². The average Bonchev–Trinajstić information content (AvgIpc) is 2.24. The second-order valence-electron chi connectivity index (χ2n) is 2.91. The predicted molar refractivity (Wildman–Crippen MR) is 57.4 cm³/mol. The molecule has 0 aromatic carbocycles. The van der Waals surface area contributed by atoms with Crippen molar-refractivity contribution in [3.05, 3.63) is 23.8 Å². The van der Waals surface area contributed by atoms with Crippen molar-refractivity contribution >= 4 is 5.97 Å². The van der Waals surface area contributed by atoms with E-state index in [2.05, 4.69) is 0 Å². The standard InChI is InChI=1S/C11H18O4/c1-4-15-11(13)9(2)6-5-7-10(8-12)14-3/h5-7,10,12H,4,8H2,1-3H3/b7-5-,9-6+/t10-/m0/s1. The molecule has 0 heterocycles. The highest BCUT2D eigenvalue weighted by Gasteiger charge is 2.02. The van der Waals surface area contributed by atoms with Crippen LogP contribution in [-0.4, -0.2) is 37.5 Å². The van der Waals surface area contributed by atoms with Crippen LogP contribution in [0.3, 0.4) is 0 Å². The van der Waals surface area contributed by atoms with Crippen molar-refractivity contribution in [2.45, 2.75) is 20.0 Å². The number of carbonyl (C=O) groups is 1. The third-order valence-electron chi connectivity index (χ3n) is 1.75. The summed E-state index contributed by atoms with van der Waals surface area (Å²) in [6.07, 6.45) is 4.62. The van der Waals surface area contributed by atoms with Gasteiger partial charge in [-0.2, -0.15) is 0 Å². The van der Waals surface area contributed by atoms with Gasteiger partial charge in [-0.25, -0.2) is 4.79 Å². The minimum absolute atomic E-state index is 0.0840. The Balaban J connectivity index is 4.19. The molecule has 86 valence electrons. The fraction of sp³-hybridized carbons (Fsp3) is 0.545. The molecular formula is C11H18O4. The van der Waals surface area contributed by atoms with Crippen molar-refractivity contribution in [2.24, 2.45) is 0 Å². The van der Waals surface area contributed by atoms with E-state index in [0.717, 1.165) is 0 Å². The number of carbonyl (C=O) groups excluding carboxylic acids is 1. The molecule has 0 aliphatic heterocycles. The number of aliphatic hydroxyl groups is 1. The van der Waals surface area contributed by atoms with Gasteiger partial charge in [0.2, 0.25) is 0 Å². The lowest BCUT2D eigenvalue weighted by Gasteiger charge is -2.04. The normalized spacial score (nSPS) is 14.3. The van der Waals surface area contributed by atoms with Crippen molar-refractivity contribution in [2.75, 3.05) is 20.3 Å². The Morgan fingerprint density at radius 2 is 2.20 bits per heavy atom. The summed E-state index contributed by atoms with van der Waals surface area (Å²) < 4.78 is 9.70. The Labute approximate surface area is 90.2 Å². The molecule has 1 atom stereocenters. The third-order valence-corrected chi connectivity index (χ3v) is 1.75. The zero-order valence-corrected chi connectivity index (χ0v) is 9.40. The molecule has 0 unspecified atom stereocenters. The van der Waals surface area contributed by atoms with Crippen LogP contribution in [0, 0.1) is 0 Å². The van der Waals surface area contributed by atoms with Crippen molar-refractivity contribution < 1.29 is 19.4 Å². The molecule has 0 saturated carbocycles. The number of allylic oxidation sites excluding steroid dienone is 2. The first-order valence-corrected chi connectivity index (χ1v) is 4.81. The minimum Gasteiger partial charge on any atom is -0.463 e. The summed E-state index contributed by atoms with van der Waals surface area (Å²) in [6.45, 7) is 3.71. The van der Waals surface area contributed by atoms with E-state index in [1.807, 2.05) is 0 Å². The number of esters is 1. The molecule has 0 amide bonds. The second kappa shape index (κ2) is 8.20. The number of methoxy groups -OCH3 is 1. The van der Waals surface area contributed by atoms with E-state index in [4.69, 9.17) is 14.6 Å². The zero-order chi connectivity index (χ0) is 11.7. The summed E-state index contributed by atoms with van der Waals surface area (Å²) in [5, 5.41) is 8.80. The summed E-state index contributed by atoms with van der Waals surface area (Å²) in [4.78, 5) is 11.2. The molecule has 1 N–H and O–H groups in total. The fourth-order valence-corrected chi connectivity index (χ4v) is 0.851. The Morgan fingerprint density at radius 1 is 1.53 bits per heavy atom. The molecule has 0 bridgehead atoms. The van der Waals surface area contributed by atoms with Crippen molar-refractivity contribution in [1.29, 1.82) is 0 Å². The number of rotatable bonds is 6. The maximum atomic E-state index is 11.2. The maximum absolute atomic E-state index is 11.2. The van der Waals surface area contributed by atoms with Crippen molar-refractivity contribution in [3.63, 3.8) is 0 Å². The maximum Gasteiger partial charge on any atom is 0.333 e. The van der Waals surface area contributed by atoms with Crippen LogP contribution in [0.15, 0.2) is 23.8 Å². The van der Waals surface area contributed by atoms with Gasteiger partial charge in [0.05, 0.1) is 19.3 Å². The van der Waals surface area contributed by atoms with Crippen molar-refractivity contribution in [1.82, 2.24) is 0 Å². The monoisotopic (exact) mass is 214 g/mol. The van der Waals surface area contributed by atoms with Gasteiger partial charge in [0.15, 0.2) is 0 Å². The Kier molecular flexibility index (Phi) is 7.58. The van der Waals surface area contributed by atoms with Gasteiger partial charge in [-0.05, 0) is 13.8 Å². The SMILES string of the molecule is CCOC(=O)/C(C)=C/C=C\[C@@H](CO)OC. The van der Waals surface area contributed by atoms with Gasteiger partial charge in [-0.3, -0.25) is 0 Å². The van der Waals surface area contributed by atoms with Gasteiger partial charge in [0, 0.05) is 12.7 Å². The summed E-state index contributed by atoms with van der Waals surface area (Å²) in [5.41, 5.74) is 0.515. The van der Waals surface area contributed by atoms with Gasteiger partial charge >= 0.3 is 5.97 Å². The molecule has 0 radical (unpaired) electrons. The number of aliphatic hydroxyl groups excluding tert-OH is 1. The highest BCUT2D eigenvalue weighted by molar-refractivity contribution is 5.88.